The molecule has 0 unspecified atom stereocenters. The van der Waals surface area contributed by atoms with Gasteiger partial charge in [-0.2, -0.15) is 0 Å². The number of hydrogen-bond donors (Lipinski definition) is 1. The Labute approximate surface area is 169 Å². The third-order valence-electron chi connectivity index (χ3n) is 4.49. The van der Waals surface area contributed by atoms with Gasteiger partial charge in [0.05, 0.1) is 19.8 Å². The van der Waals surface area contributed by atoms with Gasteiger partial charge < -0.3 is 14.8 Å². The summed E-state index contributed by atoms with van der Waals surface area (Å²) in [5.74, 6) is 0.210. The second-order valence-corrected chi connectivity index (χ2v) is 8.63. The lowest BCUT2D eigenvalue weighted by molar-refractivity contribution is 0.102. The highest BCUT2D eigenvalue weighted by Crippen LogP contribution is 2.30. The molecule has 152 valence electrons. The van der Waals surface area contributed by atoms with Crippen molar-refractivity contribution in [2.24, 2.45) is 0 Å². The lowest BCUT2D eigenvalue weighted by Gasteiger charge is -2.16. The first kappa shape index (κ1) is 20.6. The number of carbonyl (C=O) groups excluding carboxylic acids is 1. The van der Waals surface area contributed by atoms with E-state index in [1.54, 1.807) is 18.2 Å². The largest absolute Gasteiger partial charge is 0.496 e. The van der Waals surface area contributed by atoms with Crippen LogP contribution in [0, 0.1) is 0 Å². The number of carbonyl (C=O) groups is 1. The van der Waals surface area contributed by atoms with E-state index in [9.17, 15) is 13.2 Å². The van der Waals surface area contributed by atoms with Gasteiger partial charge in [-0.1, -0.05) is 24.3 Å². The van der Waals surface area contributed by atoms with Gasteiger partial charge in [0.2, 0.25) is 10.0 Å². The van der Waals surface area contributed by atoms with Crippen LogP contribution in [0.2, 0.25) is 0 Å². The van der Waals surface area contributed by atoms with Gasteiger partial charge in [-0.15, -0.1) is 0 Å². The van der Waals surface area contributed by atoms with Gasteiger partial charge in [-0.25, -0.2) is 12.7 Å². The monoisotopic (exact) mass is 414 g/mol. The molecule has 0 bridgehead atoms. The molecule has 0 saturated carbocycles. The molecule has 0 aliphatic heterocycles. The minimum Gasteiger partial charge on any atom is -0.496 e. The summed E-state index contributed by atoms with van der Waals surface area (Å²) in [6, 6.07) is 15.6. The average molecular weight is 414 g/mol. The number of nitrogens with one attached hydrogen (secondary N) is 1. The highest BCUT2D eigenvalue weighted by molar-refractivity contribution is 7.89. The number of hydrogen-bond acceptors (Lipinski definition) is 5. The molecule has 0 fully saturated rings. The smallest absolute Gasteiger partial charge is 0.259 e. The van der Waals surface area contributed by atoms with E-state index in [1.807, 2.05) is 24.3 Å². The van der Waals surface area contributed by atoms with Crippen LogP contribution in [0.1, 0.15) is 10.4 Å². The number of nitrogens with zero attached hydrogens (tertiary/aromatic N) is 1. The Balaban J connectivity index is 2.00. The maximum Gasteiger partial charge on any atom is 0.259 e. The van der Waals surface area contributed by atoms with Crippen LogP contribution in [-0.4, -0.2) is 46.9 Å². The number of sulfonamides is 1. The molecule has 3 rings (SSSR count). The molecule has 0 aliphatic carbocycles. The molecular formula is C21H22N2O5S. The number of methoxy groups -OCH3 is 2. The van der Waals surface area contributed by atoms with Crippen molar-refractivity contribution in [3.05, 3.63) is 60.2 Å². The first-order chi connectivity index (χ1) is 13.8. The Morgan fingerprint density at radius 3 is 2.10 bits per heavy atom. The van der Waals surface area contributed by atoms with Crippen molar-refractivity contribution in [3.8, 4) is 11.5 Å². The minimum absolute atomic E-state index is 0.0340. The molecule has 1 amide bonds. The highest BCUT2D eigenvalue weighted by atomic mass is 32.2. The lowest BCUT2D eigenvalue weighted by Crippen LogP contribution is -2.23. The van der Waals surface area contributed by atoms with Crippen molar-refractivity contribution in [1.82, 2.24) is 4.31 Å². The fourth-order valence-corrected chi connectivity index (χ4v) is 3.99. The molecular weight excluding hydrogens is 392 g/mol. The second kappa shape index (κ2) is 8.10. The van der Waals surface area contributed by atoms with E-state index < -0.39 is 15.9 Å². The van der Waals surface area contributed by atoms with Crippen LogP contribution in [0.25, 0.3) is 10.8 Å². The van der Waals surface area contributed by atoms with E-state index in [4.69, 9.17) is 9.47 Å². The van der Waals surface area contributed by atoms with Crippen LogP contribution >= 0.6 is 0 Å². The topological polar surface area (TPSA) is 84.9 Å². The van der Waals surface area contributed by atoms with Crippen LogP contribution in [0.15, 0.2) is 59.5 Å². The quantitative estimate of drug-likeness (QED) is 0.669. The van der Waals surface area contributed by atoms with E-state index in [1.165, 1.54) is 40.4 Å². The Morgan fingerprint density at radius 2 is 1.52 bits per heavy atom. The van der Waals surface area contributed by atoms with Gasteiger partial charge in [0.1, 0.15) is 16.4 Å². The van der Waals surface area contributed by atoms with Gasteiger partial charge >= 0.3 is 0 Å². The summed E-state index contributed by atoms with van der Waals surface area (Å²) in [4.78, 5) is 12.9. The summed E-state index contributed by atoms with van der Waals surface area (Å²) in [6.07, 6.45) is 0. The predicted octanol–water partition coefficient (Wildman–Crippen LogP) is 3.36. The molecule has 3 aromatic carbocycles. The Hall–Kier alpha value is -3.10. The molecule has 3 aromatic rings. The summed E-state index contributed by atoms with van der Waals surface area (Å²) >= 11 is 0. The van der Waals surface area contributed by atoms with E-state index in [-0.39, 0.29) is 10.6 Å². The van der Waals surface area contributed by atoms with Crippen LogP contribution in [0.3, 0.4) is 0 Å². The van der Waals surface area contributed by atoms with Crippen molar-refractivity contribution in [1.29, 1.82) is 0 Å². The molecule has 1 N–H and O–H groups in total. The van der Waals surface area contributed by atoms with E-state index in [2.05, 4.69) is 5.32 Å². The highest BCUT2D eigenvalue weighted by Gasteiger charge is 2.23. The summed E-state index contributed by atoms with van der Waals surface area (Å²) in [7, 11) is 2.00. The molecule has 7 nitrogen and oxygen atoms in total. The Morgan fingerprint density at radius 1 is 0.897 bits per heavy atom. The molecule has 0 aliphatic rings. The average Bonchev–Trinajstić information content (AvgIpc) is 2.72. The Kier molecular flexibility index (Phi) is 5.76. The first-order valence-electron chi connectivity index (χ1n) is 8.76. The van der Waals surface area contributed by atoms with E-state index in [0.717, 1.165) is 15.1 Å². The van der Waals surface area contributed by atoms with Crippen molar-refractivity contribution in [3.63, 3.8) is 0 Å². The number of anilines is 1. The predicted molar refractivity (Wildman–Crippen MR) is 112 cm³/mol. The Bertz CT molecular complexity index is 1170. The fraction of sp³-hybridized carbons (Fsp3) is 0.190. The zero-order valence-corrected chi connectivity index (χ0v) is 17.4. The van der Waals surface area contributed by atoms with Gasteiger partial charge in [-0.05, 0) is 41.1 Å². The molecule has 0 aromatic heterocycles. The van der Waals surface area contributed by atoms with Crippen molar-refractivity contribution in [2.45, 2.75) is 4.90 Å². The fourth-order valence-electron chi connectivity index (χ4n) is 2.92. The van der Waals surface area contributed by atoms with E-state index >= 15 is 0 Å². The van der Waals surface area contributed by atoms with Crippen molar-refractivity contribution < 1.29 is 22.7 Å². The van der Waals surface area contributed by atoms with Crippen molar-refractivity contribution in [2.75, 3.05) is 33.6 Å². The number of rotatable bonds is 6. The summed E-state index contributed by atoms with van der Waals surface area (Å²) in [5.41, 5.74) is 0.672. The normalized spacial score (nSPS) is 11.5. The SMILES string of the molecule is COc1cc2ccccc2cc1C(=O)Nc1ccc(OC)c(S(=O)(=O)N(C)C)c1. The minimum atomic E-state index is -3.75. The van der Waals surface area contributed by atoms with Gasteiger partial charge in [0.15, 0.2) is 0 Å². The van der Waals surface area contributed by atoms with Gasteiger partial charge in [-0.3, -0.25) is 4.79 Å². The summed E-state index contributed by atoms with van der Waals surface area (Å²) in [6.45, 7) is 0. The number of ether oxygens (including phenoxy) is 2. The maximum atomic E-state index is 12.9. The molecule has 0 atom stereocenters. The summed E-state index contributed by atoms with van der Waals surface area (Å²) in [5, 5.41) is 4.58. The second-order valence-electron chi connectivity index (χ2n) is 6.51. The van der Waals surface area contributed by atoms with Crippen LogP contribution in [-0.2, 0) is 10.0 Å². The van der Waals surface area contributed by atoms with E-state index in [0.29, 0.717) is 17.0 Å². The third-order valence-corrected chi connectivity index (χ3v) is 6.33. The van der Waals surface area contributed by atoms with Crippen molar-refractivity contribution >= 4 is 32.4 Å². The lowest BCUT2D eigenvalue weighted by atomic mass is 10.1. The number of fused-ring (bicyclic) bond motifs is 1. The third kappa shape index (κ3) is 4.03. The van der Waals surface area contributed by atoms with Crippen LogP contribution in [0.4, 0.5) is 5.69 Å². The maximum absolute atomic E-state index is 12.9. The van der Waals surface area contributed by atoms with Gasteiger partial charge in [0, 0.05) is 19.8 Å². The molecule has 29 heavy (non-hydrogen) atoms. The molecule has 8 heteroatoms. The molecule has 0 heterocycles. The zero-order chi connectivity index (χ0) is 21.2. The zero-order valence-electron chi connectivity index (χ0n) is 16.6. The first-order valence-corrected chi connectivity index (χ1v) is 10.2. The van der Waals surface area contributed by atoms with Gasteiger partial charge in [0.25, 0.3) is 5.91 Å². The standard InChI is InChI=1S/C21H22N2O5S/c1-23(2)29(25,26)20-13-16(9-10-18(20)27-3)22-21(24)17-11-14-7-5-6-8-15(14)12-19(17)28-4/h5-13H,1-4H3,(H,22,24). The number of amides is 1. The molecule has 0 saturated heterocycles. The summed E-state index contributed by atoms with van der Waals surface area (Å²) < 4.78 is 36.8. The van der Waals surface area contributed by atoms with Crippen LogP contribution in [0.5, 0.6) is 11.5 Å². The molecule has 0 radical (unpaired) electrons. The van der Waals surface area contributed by atoms with Crippen LogP contribution < -0.4 is 14.8 Å². The number of benzene rings is 3. The molecule has 0 spiro atoms.